The fraction of sp³-hybridized carbons (Fsp3) is 0.364. The molecular formula is C11H13O3S-. The van der Waals surface area contributed by atoms with Crippen LogP contribution in [-0.4, -0.2) is 18.8 Å². The van der Waals surface area contributed by atoms with Crippen LogP contribution in [0.1, 0.15) is 11.1 Å². The Hall–Kier alpha value is -1.16. The van der Waals surface area contributed by atoms with Crippen molar-refractivity contribution in [1.82, 2.24) is 0 Å². The third kappa shape index (κ3) is 3.83. The van der Waals surface area contributed by atoms with Crippen LogP contribution in [0.25, 0.3) is 0 Å². The van der Waals surface area contributed by atoms with Gasteiger partial charge in [-0.2, -0.15) is 11.8 Å². The van der Waals surface area contributed by atoms with Crippen molar-refractivity contribution in [3.8, 4) is 5.75 Å². The lowest BCUT2D eigenvalue weighted by molar-refractivity contribution is -0.301. The number of carboxylic acid groups (broad SMARTS) is 1. The number of hydrogen-bond acceptors (Lipinski definition) is 4. The van der Waals surface area contributed by atoms with Crippen LogP contribution in [0.4, 0.5) is 0 Å². The molecule has 0 N–H and O–H groups in total. The van der Waals surface area contributed by atoms with E-state index < -0.39 is 5.97 Å². The van der Waals surface area contributed by atoms with Gasteiger partial charge in [0.2, 0.25) is 0 Å². The van der Waals surface area contributed by atoms with E-state index in [1.807, 2.05) is 25.1 Å². The first-order valence-electron chi connectivity index (χ1n) is 4.54. The number of methoxy groups -OCH3 is 1. The van der Waals surface area contributed by atoms with Crippen LogP contribution in [0.5, 0.6) is 5.75 Å². The lowest BCUT2D eigenvalue weighted by atomic mass is 10.1. The topological polar surface area (TPSA) is 49.4 Å². The van der Waals surface area contributed by atoms with Crippen LogP contribution in [0.3, 0.4) is 0 Å². The highest BCUT2D eigenvalue weighted by molar-refractivity contribution is 7.99. The molecule has 0 aliphatic rings. The largest absolute Gasteiger partial charge is 0.549 e. The van der Waals surface area contributed by atoms with Crippen LogP contribution in [0.15, 0.2) is 18.2 Å². The summed E-state index contributed by atoms with van der Waals surface area (Å²) in [4.78, 5) is 10.2. The van der Waals surface area contributed by atoms with Crippen LogP contribution >= 0.6 is 11.8 Å². The van der Waals surface area contributed by atoms with Gasteiger partial charge in [0.05, 0.1) is 13.1 Å². The summed E-state index contributed by atoms with van der Waals surface area (Å²) in [5.41, 5.74) is 2.16. The van der Waals surface area contributed by atoms with E-state index in [-0.39, 0.29) is 5.75 Å². The summed E-state index contributed by atoms with van der Waals surface area (Å²) in [6, 6.07) is 5.83. The summed E-state index contributed by atoms with van der Waals surface area (Å²) in [5.74, 6) is 0.540. The van der Waals surface area contributed by atoms with Gasteiger partial charge in [-0.15, -0.1) is 0 Å². The molecule has 82 valence electrons. The number of ether oxygens (including phenoxy) is 1. The van der Waals surface area contributed by atoms with Crippen molar-refractivity contribution >= 4 is 17.7 Å². The van der Waals surface area contributed by atoms with Gasteiger partial charge in [0.15, 0.2) is 0 Å². The first-order chi connectivity index (χ1) is 7.13. The molecule has 0 aliphatic carbocycles. The van der Waals surface area contributed by atoms with Crippen LogP contribution < -0.4 is 9.84 Å². The Morgan fingerprint density at radius 2 is 2.27 bits per heavy atom. The minimum atomic E-state index is -1.02. The Morgan fingerprint density at radius 1 is 1.53 bits per heavy atom. The summed E-state index contributed by atoms with van der Waals surface area (Å²) in [7, 11) is 1.63. The van der Waals surface area contributed by atoms with Gasteiger partial charge in [0.1, 0.15) is 5.75 Å². The number of carbonyl (C=O) groups is 1. The predicted molar refractivity (Wildman–Crippen MR) is 58.9 cm³/mol. The maximum Gasteiger partial charge on any atom is 0.121 e. The molecule has 0 heterocycles. The highest BCUT2D eigenvalue weighted by Crippen LogP contribution is 2.21. The summed E-state index contributed by atoms with van der Waals surface area (Å²) in [6.45, 7) is 1.96. The normalized spacial score (nSPS) is 10.0. The Kier molecular flexibility index (Phi) is 4.49. The van der Waals surface area contributed by atoms with Crippen molar-refractivity contribution in [2.75, 3.05) is 12.9 Å². The zero-order valence-electron chi connectivity index (χ0n) is 8.78. The van der Waals surface area contributed by atoms with Gasteiger partial charge in [-0.25, -0.2) is 0 Å². The van der Waals surface area contributed by atoms with E-state index in [0.717, 1.165) is 16.9 Å². The minimum Gasteiger partial charge on any atom is -0.549 e. The molecule has 0 spiro atoms. The Bertz CT molecular complexity index is 350. The number of carbonyl (C=O) groups excluding carboxylic acids is 1. The van der Waals surface area contributed by atoms with E-state index in [1.54, 1.807) is 7.11 Å². The molecule has 0 radical (unpaired) electrons. The smallest absolute Gasteiger partial charge is 0.121 e. The third-order valence-electron chi connectivity index (χ3n) is 1.95. The molecule has 15 heavy (non-hydrogen) atoms. The highest BCUT2D eigenvalue weighted by Gasteiger charge is 2.00. The quantitative estimate of drug-likeness (QED) is 0.749. The summed E-state index contributed by atoms with van der Waals surface area (Å²) < 4.78 is 5.13. The van der Waals surface area contributed by atoms with E-state index in [9.17, 15) is 9.90 Å². The second kappa shape index (κ2) is 5.66. The van der Waals surface area contributed by atoms with Gasteiger partial charge in [0.25, 0.3) is 0 Å². The van der Waals surface area contributed by atoms with Crippen molar-refractivity contribution in [3.05, 3.63) is 29.3 Å². The van der Waals surface area contributed by atoms with Gasteiger partial charge >= 0.3 is 0 Å². The second-order valence-corrected chi connectivity index (χ2v) is 4.15. The Labute approximate surface area is 93.4 Å². The van der Waals surface area contributed by atoms with Crippen molar-refractivity contribution < 1.29 is 14.6 Å². The number of aryl methyl sites for hydroxylation is 1. The summed E-state index contributed by atoms with van der Waals surface area (Å²) in [6.07, 6.45) is 0. The zero-order valence-corrected chi connectivity index (χ0v) is 9.60. The number of thioether (sulfide) groups is 1. The standard InChI is InChI=1S/C11H14O3S/c1-8-5-9(3-4-10(8)14-2)6-15-7-11(12)13/h3-5H,6-7H2,1-2H3,(H,12,13)/p-1. The first-order valence-corrected chi connectivity index (χ1v) is 5.70. The van der Waals surface area contributed by atoms with Crippen molar-refractivity contribution in [2.24, 2.45) is 0 Å². The molecule has 0 aliphatic heterocycles. The SMILES string of the molecule is COc1ccc(CSCC(=O)[O-])cc1C. The van der Waals surface area contributed by atoms with E-state index in [4.69, 9.17) is 4.74 Å². The molecule has 0 saturated carbocycles. The summed E-state index contributed by atoms with van der Waals surface area (Å²) in [5, 5.41) is 10.2. The maximum atomic E-state index is 10.2. The molecular weight excluding hydrogens is 212 g/mol. The Balaban J connectivity index is 2.55. The van der Waals surface area contributed by atoms with E-state index in [1.165, 1.54) is 11.8 Å². The number of hydrogen-bond donors (Lipinski definition) is 0. The van der Waals surface area contributed by atoms with Crippen molar-refractivity contribution in [2.45, 2.75) is 12.7 Å². The summed E-state index contributed by atoms with van der Waals surface area (Å²) >= 11 is 1.33. The van der Waals surface area contributed by atoms with Gasteiger partial charge in [-0.1, -0.05) is 12.1 Å². The molecule has 1 rings (SSSR count). The Morgan fingerprint density at radius 3 is 2.80 bits per heavy atom. The van der Waals surface area contributed by atoms with Crippen molar-refractivity contribution in [3.63, 3.8) is 0 Å². The molecule has 4 heteroatoms. The molecule has 0 aromatic heterocycles. The maximum absolute atomic E-state index is 10.2. The molecule has 0 atom stereocenters. The van der Waals surface area contributed by atoms with Crippen molar-refractivity contribution in [1.29, 1.82) is 0 Å². The fourth-order valence-electron chi connectivity index (χ4n) is 1.28. The highest BCUT2D eigenvalue weighted by atomic mass is 32.2. The molecule has 0 fully saturated rings. The number of benzene rings is 1. The van der Waals surface area contributed by atoms with E-state index in [0.29, 0.717) is 5.75 Å². The minimum absolute atomic E-state index is 0.0328. The van der Waals surface area contributed by atoms with E-state index >= 15 is 0 Å². The number of carboxylic acids is 1. The lowest BCUT2D eigenvalue weighted by Gasteiger charge is -2.07. The van der Waals surface area contributed by atoms with Gasteiger partial charge in [-0.3, -0.25) is 0 Å². The fourth-order valence-corrected chi connectivity index (χ4v) is 1.97. The molecule has 0 amide bonds. The average molecular weight is 225 g/mol. The predicted octanol–water partition coefficient (Wildman–Crippen LogP) is 0.987. The van der Waals surface area contributed by atoms with Gasteiger partial charge in [-0.05, 0) is 24.1 Å². The van der Waals surface area contributed by atoms with E-state index in [2.05, 4.69) is 0 Å². The molecule has 1 aromatic rings. The van der Waals surface area contributed by atoms with Gasteiger partial charge in [0, 0.05) is 11.5 Å². The molecule has 1 aromatic carbocycles. The number of rotatable bonds is 5. The number of aliphatic carboxylic acids is 1. The van der Waals surface area contributed by atoms with Gasteiger partial charge < -0.3 is 14.6 Å². The van der Waals surface area contributed by atoms with Crippen LogP contribution in [0, 0.1) is 6.92 Å². The second-order valence-electron chi connectivity index (χ2n) is 3.17. The first kappa shape index (κ1) is 11.9. The molecule has 3 nitrogen and oxygen atoms in total. The monoisotopic (exact) mass is 225 g/mol. The lowest BCUT2D eigenvalue weighted by Crippen LogP contribution is -2.24. The third-order valence-corrected chi connectivity index (χ3v) is 2.93. The molecule has 0 unspecified atom stereocenters. The average Bonchev–Trinajstić information content (AvgIpc) is 2.17. The molecule has 0 saturated heterocycles. The molecule has 0 bridgehead atoms. The van der Waals surface area contributed by atoms with Crippen LogP contribution in [0.2, 0.25) is 0 Å². The zero-order chi connectivity index (χ0) is 11.3. The van der Waals surface area contributed by atoms with Crippen LogP contribution in [-0.2, 0) is 10.5 Å².